The molecular weight excluding hydrogens is 250 g/mol. The number of halogens is 1. The first kappa shape index (κ1) is 13.0. The summed E-state index contributed by atoms with van der Waals surface area (Å²) in [7, 11) is 2.05. The number of anilines is 1. The third-order valence-corrected chi connectivity index (χ3v) is 3.83. The van der Waals surface area contributed by atoms with Gasteiger partial charge in [0, 0.05) is 29.4 Å². The Balaban J connectivity index is 2.36. The Bertz CT molecular complexity index is 456. The molecule has 0 unspecified atom stereocenters. The molecule has 1 aliphatic carbocycles. The zero-order chi connectivity index (χ0) is 13.1. The highest BCUT2D eigenvalue weighted by Gasteiger charge is 2.22. The van der Waals surface area contributed by atoms with E-state index in [1.54, 1.807) is 6.07 Å². The predicted molar refractivity (Wildman–Crippen MR) is 74.6 cm³/mol. The third kappa shape index (κ3) is 2.53. The van der Waals surface area contributed by atoms with Gasteiger partial charge in [-0.15, -0.1) is 0 Å². The van der Waals surface area contributed by atoms with Gasteiger partial charge in [0.15, 0.2) is 5.84 Å². The summed E-state index contributed by atoms with van der Waals surface area (Å²) in [6.07, 6.45) is 4.91. The van der Waals surface area contributed by atoms with E-state index in [2.05, 4.69) is 10.1 Å². The van der Waals surface area contributed by atoms with Gasteiger partial charge in [0.2, 0.25) is 0 Å². The van der Waals surface area contributed by atoms with Crippen LogP contribution in [-0.4, -0.2) is 24.1 Å². The summed E-state index contributed by atoms with van der Waals surface area (Å²) in [6, 6.07) is 6.01. The largest absolute Gasteiger partial charge is 0.409 e. The average molecular weight is 268 g/mol. The van der Waals surface area contributed by atoms with E-state index < -0.39 is 0 Å². The van der Waals surface area contributed by atoms with Gasteiger partial charge in [0.25, 0.3) is 0 Å². The fourth-order valence-electron chi connectivity index (χ4n) is 2.56. The molecule has 18 heavy (non-hydrogen) atoms. The maximum atomic E-state index is 8.85. The highest BCUT2D eigenvalue weighted by Crippen LogP contribution is 2.30. The van der Waals surface area contributed by atoms with Crippen LogP contribution in [0.4, 0.5) is 5.69 Å². The minimum Gasteiger partial charge on any atom is -0.409 e. The third-order valence-electron chi connectivity index (χ3n) is 3.59. The smallest absolute Gasteiger partial charge is 0.172 e. The summed E-state index contributed by atoms with van der Waals surface area (Å²) in [4.78, 5) is 2.21. The normalized spacial score (nSPS) is 17.1. The van der Waals surface area contributed by atoms with Crippen molar-refractivity contribution < 1.29 is 5.21 Å². The second-order valence-corrected chi connectivity index (χ2v) is 5.13. The Morgan fingerprint density at radius 3 is 2.72 bits per heavy atom. The van der Waals surface area contributed by atoms with Crippen LogP contribution in [0.25, 0.3) is 0 Å². The molecule has 0 spiro atoms. The van der Waals surface area contributed by atoms with Gasteiger partial charge in [-0.1, -0.05) is 29.6 Å². The number of hydrogen-bond acceptors (Lipinski definition) is 3. The molecule has 4 nitrogen and oxygen atoms in total. The number of benzene rings is 1. The van der Waals surface area contributed by atoms with E-state index in [1.165, 1.54) is 25.7 Å². The lowest BCUT2D eigenvalue weighted by Crippen LogP contribution is -2.31. The minimum absolute atomic E-state index is 0.0948. The van der Waals surface area contributed by atoms with E-state index in [0.29, 0.717) is 16.6 Å². The molecule has 1 fully saturated rings. The Morgan fingerprint density at radius 2 is 2.11 bits per heavy atom. The number of oxime groups is 1. The monoisotopic (exact) mass is 267 g/mol. The molecule has 0 saturated heterocycles. The Hall–Kier alpha value is -1.42. The molecule has 0 atom stereocenters. The van der Waals surface area contributed by atoms with Gasteiger partial charge in [-0.25, -0.2) is 0 Å². The molecular formula is C13H18ClN3O. The molecule has 5 heteroatoms. The van der Waals surface area contributed by atoms with Crippen molar-refractivity contribution >= 4 is 23.1 Å². The SMILES string of the molecule is CN(c1ccc(Cl)cc1C(N)=NO)C1CCCC1. The van der Waals surface area contributed by atoms with Crippen LogP contribution in [0.15, 0.2) is 23.4 Å². The van der Waals surface area contributed by atoms with Crippen molar-refractivity contribution in [1.29, 1.82) is 0 Å². The van der Waals surface area contributed by atoms with Crippen molar-refractivity contribution in [2.75, 3.05) is 11.9 Å². The van der Waals surface area contributed by atoms with Crippen LogP contribution in [0.3, 0.4) is 0 Å². The van der Waals surface area contributed by atoms with Gasteiger partial charge in [0.1, 0.15) is 0 Å². The van der Waals surface area contributed by atoms with Crippen LogP contribution in [0.1, 0.15) is 31.2 Å². The van der Waals surface area contributed by atoms with E-state index in [4.69, 9.17) is 22.5 Å². The average Bonchev–Trinajstić information content (AvgIpc) is 2.90. The Labute approximate surface area is 112 Å². The fourth-order valence-corrected chi connectivity index (χ4v) is 2.74. The fraction of sp³-hybridized carbons (Fsp3) is 0.462. The van der Waals surface area contributed by atoms with Gasteiger partial charge in [-0.05, 0) is 31.0 Å². The predicted octanol–water partition coefficient (Wildman–Crippen LogP) is 2.81. The zero-order valence-electron chi connectivity index (χ0n) is 10.4. The summed E-state index contributed by atoms with van der Waals surface area (Å²) < 4.78 is 0. The maximum Gasteiger partial charge on any atom is 0.172 e. The first-order chi connectivity index (χ1) is 8.63. The standard InChI is InChI=1S/C13H18ClN3O/c1-17(10-4-2-3-5-10)12-7-6-9(14)8-11(12)13(15)16-18/h6-8,10,18H,2-5H2,1H3,(H2,15,16). The molecule has 1 aliphatic rings. The second-order valence-electron chi connectivity index (χ2n) is 4.70. The first-order valence-corrected chi connectivity index (χ1v) is 6.51. The van der Waals surface area contributed by atoms with Gasteiger partial charge in [0.05, 0.1) is 0 Å². The molecule has 98 valence electrons. The van der Waals surface area contributed by atoms with Crippen LogP contribution in [0.5, 0.6) is 0 Å². The molecule has 0 heterocycles. The van der Waals surface area contributed by atoms with Crippen molar-refractivity contribution in [3.8, 4) is 0 Å². The van der Waals surface area contributed by atoms with Crippen molar-refractivity contribution in [1.82, 2.24) is 0 Å². The summed E-state index contributed by atoms with van der Waals surface area (Å²) in [5.41, 5.74) is 7.35. The van der Waals surface area contributed by atoms with Crippen molar-refractivity contribution in [3.05, 3.63) is 28.8 Å². The van der Waals surface area contributed by atoms with E-state index in [0.717, 1.165) is 5.69 Å². The summed E-state index contributed by atoms with van der Waals surface area (Å²) >= 11 is 5.97. The quantitative estimate of drug-likeness (QED) is 0.383. The molecule has 0 radical (unpaired) electrons. The molecule has 1 aromatic rings. The number of amidine groups is 1. The molecule has 0 bridgehead atoms. The van der Waals surface area contributed by atoms with E-state index >= 15 is 0 Å². The molecule has 2 rings (SSSR count). The van der Waals surface area contributed by atoms with Gasteiger partial charge < -0.3 is 15.8 Å². The number of rotatable bonds is 3. The molecule has 3 N–H and O–H groups in total. The first-order valence-electron chi connectivity index (χ1n) is 6.13. The number of nitrogens with zero attached hydrogens (tertiary/aromatic N) is 2. The highest BCUT2D eigenvalue weighted by molar-refractivity contribution is 6.31. The van der Waals surface area contributed by atoms with E-state index in [-0.39, 0.29) is 5.84 Å². The summed E-state index contributed by atoms with van der Waals surface area (Å²) in [5, 5.41) is 12.5. The zero-order valence-corrected chi connectivity index (χ0v) is 11.2. The summed E-state index contributed by atoms with van der Waals surface area (Å²) in [6.45, 7) is 0. The van der Waals surface area contributed by atoms with Crippen LogP contribution < -0.4 is 10.6 Å². The maximum absolute atomic E-state index is 8.85. The van der Waals surface area contributed by atoms with E-state index in [1.807, 2.05) is 19.2 Å². The lowest BCUT2D eigenvalue weighted by atomic mass is 10.1. The van der Waals surface area contributed by atoms with Crippen LogP contribution >= 0.6 is 11.6 Å². The minimum atomic E-state index is 0.0948. The Morgan fingerprint density at radius 1 is 1.44 bits per heavy atom. The highest BCUT2D eigenvalue weighted by atomic mass is 35.5. The lowest BCUT2D eigenvalue weighted by Gasteiger charge is -2.28. The second kappa shape index (κ2) is 5.48. The molecule has 1 saturated carbocycles. The molecule has 0 aliphatic heterocycles. The molecule has 0 amide bonds. The topological polar surface area (TPSA) is 61.8 Å². The lowest BCUT2D eigenvalue weighted by molar-refractivity contribution is 0.318. The van der Waals surface area contributed by atoms with Gasteiger partial charge >= 0.3 is 0 Å². The number of nitrogens with two attached hydrogens (primary N) is 1. The Kier molecular flexibility index (Phi) is 3.97. The van der Waals surface area contributed by atoms with E-state index in [9.17, 15) is 0 Å². The van der Waals surface area contributed by atoms with Crippen LogP contribution in [-0.2, 0) is 0 Å². The van der Waals surface area contributed by atoms with Gasteiger partial charge in [-0.2, -0.15) is 0 Å². The summed E-state index contributed by atoms with van der Waals surface area (Å²) in [5.74, 6) is 0.0948. The molecule has 0 aromatic heterocycles. The molecule has 1 aromatic carbocycles. The van der Waals surface area contributed by atoms with Crippen molar-refractivity contribution in [2.45, 2.75) is 31.7 Å². The van der Waals surface area contributed by atoms with Crippen LogP contribution in [0.2, 0.25) is 5.02 Å². The van der Waals surface area contributed by atoms with Gasteiger partial charge in [-0.3, -0.25) is 0 Å². The van der Waals surface area contributed by atoms with Crippen molar-refractivity contribution in [3.63, 3.8) is 0 Å². The van der Waals surface area contributed by atoms with Crippen LogP contribution in [0, 0.1) is 0 Å². The number of hydrogen-bond donors (Lipinski definition) is 2. The van der Waals surface area contributed by atoms with Crippen molar-refractivity contribution in [2.24, 2.45) is 10.9 Å².